The van der Waals surface area contributed by atoms with Gasteiger partial charge < -0.3 is 15.1 Å². The van der Waals surface area contributed by atoms with Crippen LogP contribution in [0.3, 0.4) is 0 Å². The summed E-state index contributed by atoms with van der Waals surface area (Å²) in [6.45, 7) is 3.95. The molecule has 0 bridgehead atoms. The van der Waals surface area contributed by atoms with E-state index in [2.05, 4.69) is 30.0 Å². The minimum atomic E-state index is -0.830. The van der Waals surface area contributed by atoms with Gasteiger partial charge in [-0.25, -0.2) is 18.7 Å². The molecular formula is C21H26F2N6O. The maximum atomic E-state index is 13.9. The van der Waals surface area contributed by atoms with Gasteiger partial charge in [-0.1, -0.05) is 6.07 Å². The molecule has 9 heteroatoms. The SMILES string of the molecule is CN(C)CC(c1ccc(F)c(F)c1)N1CCN(c2ncnc3c2CC(=O)CN3)CC1. The zero-order valence-corrected chi connectivity index (χ0v) is 17.2. The van der Waals surface area contributed by atoms with Crippen LogP contribution < -0.4 is 10.2 Å². The standard InChI is InChI=1S/C21H26F2N6O/c1-27(2)12-19(14-3-4-17(22)18(23)9-14)28-5-7-29(8-6-28)21-16-10-15(30)11-24-20(16)25-13-26-21/h3-4,9,13,19H,5-8,10-12H2,1-2H3,(H,24,25,26). The zero-order valence-electron chi connectivity index (χ0n) is 17.2. The molecule has 7 nitrogen and oxygen atoms in total. The molecule has 2 aromatic rings. The fraction of sp³-hybridized carbons (Fsp3) is 0.476. The van der Waals surface area contributed by atoms with E-state index in [1.54, 1.807) is 6.07 Å². The van der Waals surface area contributed by atoms with Gasteiger partial charge in [0.2, 0.25) is 0 Å². The number of hydrogen-bond donors (Lipinski definition) is 1. The number of nitrogens with one attached hydrogen (secondary N) is 1. The molecule has 0 spiro atoms. The summed E-state index contributed by atoms with van der Waals surface area (Å²) in [5.74, 6) is 0.0107. The lowest BCUT2D eigenvalue weighted by atomic mass is 10.0. The normalized spacial score (nSPS) is 18.3. The van der Waals surface area contributed by atoms with Gasteiger partial charge in [-0.05, 0) is 31.8 Å². The van der Waals surface area contributed by atoms with E-state index < -0.39 is 11.6 Å². The minimum absolute atomic E-state index is 0.0418. The molecule has 2 aliphatic rings. The predicted octanol–water partition coefficient (Wildman–Crippen LogP) is 1.72. The van der Waals surface area contributed by atoms with E-state index in [1.165, 1.54) is 18.5 Å². The summed E-state index contributed by atoms with van der Waals surface area (Å²) in [6.07, 6.45) is 1.87. The highest BCUT2D eigenvalue weighted by Crippen LogP contribution is 2.30. The quantitative estimate of drug-likeness (QED) is 0.796. The first-order chi connectivity index (χ1) is 14.4. The first-order valence-corrected chi connectivity index (χ1v) is 10.1. The summed E-state index contributed by atoms with van der Waals surface area (Å²) in [6, 6.07) is 4.12. The largest absolute Gasteiger partial charge is 0.363 e. The van der Waals surface area contributed by atoms with Crippen LogP contribution in [0, 0.1) is 11.6 Å². The summed E-state index contributed by atoms with van der Waals surface area (Å²) < 4.78 is 27.3. The second kappa shape index (κ2) is 8.61. The van der Waals surface area contributed by atoms with Gasteiger partial charge in [0.15, 0.2) is 17.4 Å². The third kappa shape index (κ3) is 4.27. The van der Waals surface area contributed by atoms with Gasteiger partial charge in [0.05, 0.1) is 6.54 Å². The fourth-order valence-corrected chi connectivity index (χ4v) is 4.18. The first kappa shape index (κ1) is 20.6. The van der Waals surface area contributed by atoms with E-state index in [4.69, 9.17) is 0 Å². The maximum absolute atomic E-state index is 13.9. The lowest BCUT2D eigenvalue weighted by molar-refractivity contribution is -0.117. The third-order valence-corrected chi connectivity index (χ3v) is 5.67. The molecule has 1 N–H and O–H groups in total. The van der Waals surface area contributed by atoms with Crippen molar-refractivity contribution in [1.29, 1.82) is 0 Å². The van der Waals surface area contributed by atoms with E-state index in [9.17, 15) is 13.6 Å². The third-order valence-electron chi connectivity index (χ3n) is 5.67. The van der Waals surface area contributed by atoms with Crippen LogP contribution in [0.5, 0.6) is 0 Å². The second-order valence-corrected chi connectivity index (χ2v) is 8.07. The number of benzene rings is 1. The monoisotopic (exact) mass is 416 g/mol. The summed E-state index contributed by atoms with van der Waals surface area (Å²) in [5.41, 5.74) is 1.62. The Hall–Kier alpha value is -2.65. The predicted molar refractivity (Wildman–Crippen MR) is 111 cm³/mol. The van der Waals surface area contributed by atoms with Gasteiger partial charge in [0, 0.05) is 50.7 Å². The van der Waals surface area contributed by atoms with Crippen molar-refractivity contribution in [2.24, 2.45) is 0 Å². The van der Waals surface area contributed by atoms with Crippen LogP contribution in [0.15, 0.2) is 24.5 Å². The Balaban J connectivity index is 1.51. The molecule has 1 fully saturated rings. The highest BCUT2D eigenvalue weighted by Gasteiger charge is 2.29. The number of ketones is 1. The van der Waals surface area contributed by atoms with Crippen molar-refractivity contribution in [1.82, 2.24) is 19.8 Å². The number of likely N-dealkylation sites (N-methyl/N-ethyl adjacent to an activating group) is 1. The van der Waals surface area contributed by atoms with Crippen molar-refractivity contribution in [2.75, 3.05) is 63.6 Å². The number of halogens is 2. The topological polar surface area (TPSA) is 64.6 Å². The van der Waals surface area contributed by atoms with Crippen molar-refractivity contribution in [3.8, 4) is 0 Å². The average molecular weight is 416 g/mol. The molecule has 1 aromatic heterocycles. The number of anilines is 2. The Morgan fingerprint density at radius 2 is 1.90 bits per heavy atom. The average Bonchev–Trinajstić information content (AvgIpc) is 2.74. The van der Waals surface area contributed by atoms with Crippen LogP contribution in [0.25, 0.3) is 0 Å². The molecule has 1 aromatic carbocycles. The number of piperazine rings is 1. The van der Waals surface area contributed by atoms with Crippen LogP contribution in [0.4, 0.5) is 20.4 Å². The molecule has 0 amide bonds. The highest BCUT2D eigenvalue weighted by molar-refractivity contribution is 5.90. The van der Waals surface area contributed by atoms with Crippen molar-refractivity contribution < 1.29 is 13.6 Å². The molecule has 1 unspecified atom stereocenters. The van der Waals surface area contributed by atoms with Crippen LogP contribution in [0.1, 0.15) is 17.2 Å². The minimum Gasteiger partial charge on any atom is -0.363 e. The molecule has 4 rings (SSSR count). The Bertz CT molecular complexity index is 930. The number of hydrogen-bond acceptors (Lipinski definition) is 7. The molecule has 0 aliphatic carbocycles. The number of rotatable bonds is 5. The Morgan fingerprint density at radius 1 is 1.13 bits per heavy atom. The lowest BCUT2D eigenvalue weighted by Gasteiger charge is -2.41. The van der Waals surface area contributed by atoms with Gasteiger partial charge in [-0.2, -0.15) is 0 Å². The molecule has 3 heterocycles. The van der Waals surface area contributed by atoms with Crippen LogP contribution in [0.2, 0.25) is 0 Å². The van der Waals surface area contributed by atoms with Gasteiger partial charge in [0.1, 0.15) is 18.0 Å². The van der Waals surface area contributed by atoms with Crippen molar-refractivity contribution in [3.05, 3.63) is 47.3 Å². The van der Waals surface area contributed by atoms with Gasteiger partial charge in [-0.15, -0.1) is 0 Å². The molecule has 1 saturated heterocycles. The summed E-state index contributed by atoms with van der Waals surface area (Å²) in [4.78, 5) is 27.1. The van der Waals surface area contributed by atoms with Gasteiger partial charge >= 0.3 is 0 Å². The molecule has 0 radical (unpaired) electrons. The Morgan fingerprint density at radius 3 is 2.60 bits per heavy atom. The maximum Gasteiger partial charge on any atom is 0.159 e. The zero-order chi connectivity index (χ0) is 21.3. The van der Waals surface area contributed by atoms with Crippen LogP contribution >= 0.6 is 0 Å². The van der Waals surface area contributed by atoms with Crippen LogP contribution in [-0.4, -0.2) is 78.9 Å². The van der Waals surface area contributed by atoms with E-state index in [-0.39, 0.29) is 11.8 Å². The van der Waals surface area contributed by atoms with Crippen molar-refractivity contribution >= 4 is 17.4 Å². The number of nitrogens with zero attached hydrogens (tertiary/aromatic N) is 5. The fourth-order valence-electron chi connectivity index (χ4n) is 4.18. The number of fused-ring (bicyclic) bond motifs is 1. The van der Waals surface area contributed by atoms with E-state index in [0.717, 1.165) is 48.9 Å². The lowest BCUT2D eigenvalue weighted by Crippen LogP contribution is -2.50. The van der Waals surface area contributed by atoms with E-state index in [1.807, 2.05) is 14.1 Å². The molecule has 0 saturated carbocycles. The molecule has 30 heavy (non-hydrogen) atoms. The van der Waals surface area contributed by atoms with Gasteiger partial charge in [-0.3, -0.25) is 9.69 Å². The van der Waals surface area contributed by atoms with Crippen LogP contribution in [-0.2, 0) is 11.2 Å². The summed E-state index contributed by atoms with van der Waals surface area (Å²) in [7, 11) is 3.95. The molecule has 160 valence electrons. The molecular weight excluding hydrogens is 390 g/mol. The smallest absolute Gasteiger partial charge is 0.159 e. The number of Topliss-reactive ketones (excluding diaryl/α,β-unsaturated/α-hetero) is 1. The van der Waals surface area contributed by atoms with E-state index in [0.29, 0.717) is 19.5 Å². The van der Waals surface area contributed by atoms with E-state index >= 15 is 0 Å². The summed E-state index contributed by atoms with van der Waals surface area (Å²) in [5, 5.41) is 3.06. The Labute approximate surface area is 174 Å². The number of carbonyl (C=O) groups is 1. The summed E-state index contributed by atoms with van der Waals surface area (Å²) >= 11 is 0. The number of aromatic nitrogens is 2. The molecule has 1 atom stereocenters. The second-order valence-electron chi connectivity index (χ2n) is 8.07. The van der Waals surface area contributed by atoms with Crippen molar-refractivity contribution in [3.63, 3.8) is 0 Å². The first-order valence-electron chi connectivity index (χ1n) is 10.1. The van der Waals surface area contributed by atoms with Crippen molar-refractivity contribution in [2.45, 2.75) is 12.5 Å². The van der Waals surface area contributed by atoms with Gasteiger partial charge in [0.25, 0.3) is 0 Å². The molecule has 2 aliphatic heterocycles. The Kier molecular flexibility index (Phi) is 5.92. The highest BCUT2D eigenvalue weighted by atomic mass is 19.2. The number of carbonyl (C=O) groups excluding carboxylic acids is 1.